The number of fused-ring (bicyclic) bond motifs is 2. The average molecular weight is 188 g/mol. The van der Waals surface area contributed by atoms with Crippen LogP contribution in [0.15, 0.2) is 35.7 Å². The predicted molar refractivity (Wildman–Crippen MR) is 53.6 cm³/mol. The van der Waals surface area contributed by atoms with E-state index in [1.165, 1.54) is 10.4 Å². The van der Waals surface area contributed by atoms with E-state index in [9.17, 15) is 0 Å². The Bertz CT molecular complexity index is 405. The molecule has 0 saturated heterocycles. The summed E-state index contributed by atoms with van der Waals surface area (Å²) in [6.07, 6.45) is 1.02. The van der Waals surface area contributed by atoms with Crippen molar-refractivity contribution in [1.29, 1.82) is 0 Å². The minimum atomic E-state index is 1.01. The lowest BCUT2D eigenvalue weighted by Crippen LogP contribution is -1.98. The van der Waals surface area contributed by atoms with Crippen molar-refractivity contribution in [2.24, 2.45) is 0 Å². The second kappa shape index (κ2) is 2.60. The molecule has 1 aliphatic rings. The fourth-order valence-corrected chi connectivity index (χ4v) is 2.41. The van der Waals surface area contributed by atoms with Crippen molar-refractivity contribution >= 4 is 11.3 Å². The molecule has 64 valence electrons. The maximum Gasteiger partial charge on any atom is 0.141 e. The molecule has 0 unspecified atom stereocenters. The predicted octanol–water partition coefficient (Wildman–Crippen LogP) is 3.44. The van der Waals surface area contributed by atoms with Crippen molar-refractivity contribution in [3.63, 3.8) is 0 Å². The highest BCUT2D eigenvalue weighted by atomic mass is 32.1. The maximum atomic E-state index is 5.73. The number of ether oxygens (including phenoxy) is 1. The zero-order chi connectivity index (χ0) is 8.67. The highest BCUT2D eigenvalue weighted by molar-refractivity contribution is 7.10. The van der Waals surface area contributed by atoms with E-state index in [0.717, 1.165) is 17.9 Å². The first-order valence-electron chi connectivity index (χ1n) is 4.25. The van der Waals surface area contributed by atoms with Crippen LogP contribution >= 0.6 is 11.3 Å². The molecule has 0 aliphatic carbocycles. The van der Waals surface area contributed by atoms with E-state index in [1.54, 1.807) is 11.3 Å². The summed E-state index contributed by atoms with van der Waals surface area (Å²) in [5, 5.41) is 2.08. The van der Waals surface area contributed by atoms with Crippen molar-refractivity contribution in [2.75, 3.05) is 0 Å². The molecular weight excluding hydrogens is 180 g/mol. The van der Waals surface area contributed by atoms with Gasteiger partial charge in [0.15, 0.2) is 0 Å². The molecule has 0 saturated carbocycles. The Balaban J connectivity index is 2.14. The van der Waals surface area contributed by atoms with E-state index in [2.05, 4.69) is 17.5 Å². The van der Waals surface area contributed by atoms with Gasteiger partial charge >= 0.3 is 0 Å². The summed E-state index contributed by atoms with van der Waals surface area (Å²) in [6, 6.07) is 10.3. The fourth-order valence-electron chi connectivity index (χ4n) is 1.59. The second-order valence-electron chi connectivity index (χ2n) is 3.09. The Hall–Kier alpha value is -1.28. The Morgan fingerprint density at radius 1 is 1.08 bits per heavy atom. The Morgan fingerprint density at radius 3 is 3.00 bits per heavy atom. The first kappa shape index (κ1) is 7.15. The van der Waals surface area contributed by atoms with E-state index in [0.29, 0.717) is 0 Å². The SMILES string of the molecule is c1ccc2c(c1)Cc1sccc1O2. The molecule has 0 N–H and O–H groups in total. The maximum absolute atomic E-state index is 5.73. The van der Waals surface area contributed by atoms with Gasteiger partial charge in [0.1, 0.15) is 11.5 Å². The van der Waals surface area contributed by atoms with E-state index < -0.39 is 0 Å². The lowest BCUT2D eigenvalue weighted by molar-refractivity contribution is 0.464. The zero-order valence-corrected chi connectivity index (χ0v) is 7.80. The summed E-state index contributed by atoms with van der Waals surface area (Å²) in [5.74, 6) is 2.04. The van der Waals surface area contributed by atoms with Gasteiger partial charge < -0.3 is 4.74 Å². The van der Waals surface area contributed by atoms with Crippen molar-refractivity contribution in [2.45, 2.75) is 6.42 Å². The normalized spacial score (nSPS) is 12.9. The summed E-state index contributed by atoms with van der Waals surface area (Å²) in [4.78, 5) is 1.33. The minimum absolute atomic E-state index is 1.01. The second-order valence-corrected chi connectivity index (χ2v) is 4.10. The monoisotopic (exact) mass is 188 g/mol. The lowest BCUT2D eigenvalue weighted by Gasteiger charge is -2.16. The van der Waals surface area contributed by atoms with Crippen LogP contribution < -0.4 is 4.74 Å². The quantitative estimate of drug-likeness (QED) is 0.525. The van der Waals surface area contributed by atoms with Gasteiger partial charge in [0.25, 0.3) is 0 Å². The van der Waals surface area contributed by atoms with E-state index >= 15 is 0 Å². The van der Waals surface area contributed by atoms with Gasteiger partial charge in [0.05, 0.1) is 4.88 Å². The van der Waals surface area contributed by atoms with Crippen LogP contribution in [0.2, 0.25) is 0 Å². The molecule has 0 bridgehead atoms. The number of hydrogen-bond donors (Lipinski definition) is 0. The molecule has 1 aliphatic heterocycles. The van der Waals surface area contributed by atoms with E-state index in [-0.39, 0.29) is 0 Å². The van der Waals surface area contributed by atoms with Crippen molar-refractivity contribution < 1.29 is 4.74 Å². The van der Waals surface area contributed by atoms with Gasteiger partial charge in [0.2, 0.25) is 0 Å². The Morgan fingerprint density at radius 2 is 2.00 bits per heavy atom. The molecule has 1 aromatic carbocycles. The topological polar surface area (TPSA) is 9.23 Å². The molecule has 0 amide bonds. The molecule has 2 heteroatoms. The first-order chi connectivity index (χ1) is 6.43. The van der Waals surface area contributed by atoms with Crippen LogP contribution in [-0.4, -0.2) is 0 Å². The first-order valence-corrected chi connectivity index (χ1v) is 5.13. The van der Waals surface area contributed by atoms with Gasteiger partial charge in [-0.2, -0.15) is 0 Å². The van der Waals surface area contributed by atoms with Gasteiger partial charge in [0, 0.05) is 12.0 Å². The third-order valence-electron chi connectivity index (χ3n) is 2.25. The fraction of sp³-hybridized carbons (Fsp3) is 0.0909. The van der Waals surface area contributed by atoms with Gasteiger partial charge in [-0.15, -0.1) is 11.3 Å². The van der Waals surface area contributed by atoms with Gasteiger partial charge in [-0.1, -0.05) is 18.2 Å². The summed E-state index contributed by atoms with van der Waals surface area (Å²) < 4.78 is 5.73. The standard InChI is InChI=1S/C11H8OS/c1-2-4-9-8(3-1)7-11-10(12-9)5-6-13-11/h1-6H,7H2. The number of hydrogen-bond acceptors (Lipinski definition) is 2. The van der Waals surface area contributed by atoms with E-state index in [1.807, 2.05) is 18.2 Å². The van der Waals surface area contributed by atoms with Crippen molar-refractivity contribution in [1.82, 2.24) is 0 Å². The summed E-state index contributed by atoms with van der Waals surface area (Å²) in [6.45, 7) is 0. The third kappa shape index (κ3) is 1.06. The van der Waals surface area contributed by atoms with Gasteiger partial charge in [-0.05, 0) is 17.5 Å². The largest absolute Gasteiger partial charge is 0.456 e. The molecule has 3 rings (SSSR count). The number of benzene rings is 1. The zero-order valence-electron chi connectivity index (χ0n) is 6.99. The van der Waals surface area contributed by atoms with Crippen LogP contribution in [0, 0.1) is 0 Å². The molecule has 0 spiro atoms. The average Bonchev–Trinajstić information content (AvgIpc) is 2.61. The molecule has 13 heavy (non-hydrogen) atoms. The molecular formula is C11H8OS. The highest BCUT2D eigenvalue weighted by Gasteiger charge is 2.16. The lowest BCUT2D eigenvalue weighted by atomic mass is 10.1. The summed E-state index contributed by atoms with van der Waals surface area (Å²) in [5.41, 5.74) is 1.29. The van der Waals surface area contributed by atoms with Crippen LogP contribution in [0.1, 0.15) is 10.4 Å². The molecule has 1 aromatic heterocycles. The smallest absolute Gasteiger partial charge is 0.141 e. The van der Waals surface area contributed by atoms with Gasteiger partial charge in [-0.3, -0.25) is 0 Å². The molecule has 0 fully saturated rings. The Kier molecular flexibility index (Phi) is 1.43. The van der Waals surface area contributed by atoms with Crippen LogP contribution in [0.25, 0.3) is 0 Å². The number of rotatable bonds is 0. The highest BCUT2D eigenvalue weighted by Crippen LogP contribution is 2.38. The third-order valence-corrected chi connectivity index (χ3v) is 3.15. The molecule has 2 heterocycles. The molecule has 0 atom stereocenters. The van der Waals surface area contributed by atoms with Crippen LogP contribution in [0.4, 0.5) is 0 Å². The van der Waals surface area contributed by atoms with Gasteiger partial charge in [-0.25, -0.2) is 0 Å². The van der Waals surface area contributed by atoms with Crippen molar-refractivity contribution in [3.05, 3.63) is 46.2 Å². The summed E-state index contributed by atoms with van der Waals surface area (Å²) >= 11 is 1.76. The van der Waals surface area contributed by atoms with Crippen molar-refractivity contribution in [3.8, 4) is 11.5 Å². The van der Waals surface area contributed by atoms with Crippen LogP contribution in [0.5, 0.6) is 11.5 Å². The Labute approximate surface area is 80.6 Å². The number of thiophene rings is 1. The summed E-state index contributed by atoms with van der Waals surface area (Å²) in [7, 11) is 0. The molecule has 0 radical (unpaired) electrons. The van der Waals surface area contributed by atoms with Crippen LogP contribution in [-0.2, 0) is 6.42 Å². The number of para-hydroxylation sites is 1. The molecule has 2 aromatic rings. The minimum Gasteiger partial charge on any atom is -0.456 e. The van der Waals surface area contributed by atoms with E-state index in [4.69, 9.17) is 4.74 Å². The van der Waals surface area contributed by atoms with Crippen LogP contribution in [0.3, 0.4) is 0 Å². The molecule has 1 nitrogen and oxygen atoms in total.